The number of rotatable bonds is 5. The normalized spacial score (nSPS) is 14.5. The highest BCUT2D eigenvalue weighted by Gasteiger charge is 2.18. The highest BCUT2D eigenvalue weighted by Crippen LogP contribution is 2.33. The first-order valence-electron chi connectivity index (χ1n) is 6.32. The van der Waals surface area contributed by atoms with Gasteiger partial charge in [-0.3, -0.25) is 0 Å². The van der Waals surface area contributed by atoms with Crippen molar-refractivity contribution in [2.45, 2.75) is 46.6 Å². The molecule has 0 fully saturated rings. The summed E-state index contributed by atoms with van der Waals surface area (Å²) in [6.07, 6.45) is 1.45. The number of hydrogen-bond acceptors (Lipinski definition) is 2. The molecule has 0 aliphatic rings. The van der Waals surface area contributed by atoms with Crippen LogP contribution in [0.1, 0.15) is 49.5 Å². The summed E-state index contributed by atoms with van der Waals surface area (Å²) in [5.74, 6) is 1.33. The second kappa shape index (κ2) is 6.06. The fraction of sp³-hybridized carbons (Fsp3) is 0.600. The lowest BCUT2D eigenvalue weighted by atomic mass is 9.92. The maximum absolute atomic E-state index is 10.3. The van der Waals surface area contributed by atoms with Crippen molar-refractivity contribution in [3.05, 3.63) is 28.8 Å². The molecule has 1 rings (SSSR count). The van der Waals surface area contributed by atoms with Gasteiger partial charge in [-0.15, -0.1) is 0 Å². The highest BCUT2D eigenvalue weighted by atomic mass is 16.5. The summed E-state index contributed by atoms with van der Waals surface area (Å²) < 4.78 is 5.38. The van der Waals surface area contributed by atoms with E-state index in [1.807, 2.05) is 19.9 Å². The van der Waals surface area contributed by atoms with Gasteiger partial charge in [-0.1, -0.05) is 26.3 Å². The van der Waals surface area contributed by atoms with Crippen LogP contribution in [0.4, 0.5) is 0 Å². The van der Waals surface area contributed by atoms with Crippen LogP contribution in [0, 0.1) is 19.8 Å². The molecule has 0 radical (unpaired) electrons. The lowest BCUT2D eigenvalue weighted by molar-refractivity contribution is 0.142. The fourth-order valence-corrected chi connectivity index (χ4v) is 2.20. The van der Waals surface area contributed by atoms with Crippen LogP contribution in [-0.4, -0.2) is 12.2 Å². The Balaban J connectivity index is 3.03. The van der Waals surface area contributed by atoms with Crippen molar-refractivity contribution in [1.29, 1.82) is 0 Å². The zero-order valence-electron chi connectivity index (χ0n) is 11.6. The standard InChI is InChI=1S/C15H24O2/c1-6-10(2)8-13(16)15-12(4)7-11(3)9-14(15)17-5/h7,9-10,13,16H,6,8H2,1-5H3. The Hall–Kier alpha value is -1.02. The minimum atomic E-state index is -0.430. The van der Waals surface area contributed by atoms with Gasteiger partial charge >= 0.3 is 0 Å². The van der Waals surface area contributed by atoms with Gasteiger partial charge in [0.05, 0.1) is 13.2 Å². The van der Waals surface area contributed by atoms with E-state index in [1.165, 1.54) is 5.56 Å². The molecule has 1 aromatic carbocycles. The Morgan fingerprint density at radius 2 is 1.94 bits per heavy atom. The zero-order valence-corrected chi connectivity index (χ0v) is 11.6. The quantitative estimate of drug-likeness (QED) is 0.843. The number of methoxy groups -OCH3 is 1. The highest BCUT2D eigenvalue weighted by molar-refractivity contribution is 5.44. The third-order valence-corrected chi connectivity index (χ3v) is 3.37. The number of ether oxygens (including phenoxy) is 1. The zero-order chi connectivity index (χ0) is 13.0. The van der Waals surface area contributed by atoms with Gasteiger partial charge in [-0.25, -0.2) is 0 Å². The van der Waals surface area contributed by atoms with Gasteiger partial charge in [0.15, 0.2) is 0 Å². The van der Waals surface area contributed by atoms with Crippen molar-refractivity contribution in [2.24, 2.45) is 5.92 Å². The Morgan fingerprint density at radius 3 is 2.47 bits per heavy atom. The van der Waals surface area contributed by atoms with E-state index in [9.17, 15) is 5.11 Å². The first-order valence-corrected chi connectivity index (χ1v) is 6.32. The largest absolute Gasteiger partial charge is 0.496 e. The molecular weight excluding hydrogens is 212 g/mol. The number of aryl methyl sites for hydroxylation is 2. The predicted molar refractivity (Wildman–Crippen MR) is 71.5 cm³/mol. The minimum absolute atomic E-state index is 0.430. The van der Waals surface area contributed by atoms with Gasteiger partial charge < -0.3 is 9.84 Å². The van der Waals surface area contributed by atoms with Crippen LogP contribution in [0.15, 0.2) is 12.1 Å². The van der Waals surface area contributed by atoms with Crippen LogP contribution >= 0.6 is 0 Å². The molecular formula is C15H24O2. The average Bonchev–Trinajstić information content (AvgIpc) is 2.27. The SMILES string of the molecule is CCC(C)CC(O)c1c(C)cc(C)cc1OC. The summed E-state index contributed by atoms with van der Waals surface area (Å²) in [6, 6.07) is 4.08. The second-order valence-electron chi connectivity index (χ2n) is 4.96. The molecule has 2 heteroatoms. The van der Waals surface area contributed by atoms with Gasteiger partial charge in [-0.2, -0.15) is 0 Å². The molecule has 2 atom stereocenters. The van der Waals surface area contributed by atoms with Crippen molar-refractivity contribution in [2.75, 3.05) is 7.11 Å². The molecule has 0 bridgehead atoms. The third kappa shape index (κ3) is 3.47. The van der Waals surface area contributed by atoms with Crippen LogP contribution in [0.25, 0.3) is 0 Å². The Bertz CT molecular complexity index is 371. The monoisotopic (exact) mass is 236 g/mol. The number of benzene rings is 1. The van der Waals surface area contributed by atoms with Crippen LogP contribution < -0.4 is 4.74 Å². The summed E-state index contributed by atoms with van der Waals surface area (Å²) in [7, 11) is 1.66. The Kier molecular flexibility index (Phi) is 5.01. The maximum atomic E-state index is 10.3. The van der Waals surface area contributed by atoms with E-state index in [4.69, 9.17) is 4.74 Å². The molecule has 0 saturated carbocycles. The number of aliphatic hydroxyl groups is 1. The Morgan fingerprint density at radius 1 is 1.29 bits per heavy atom. The Labute approximate surface area is 105 Å². The lowest BCUT2D eigenvalue weighted by Crippen LogP contribution is -2.07. The predicted octanol–water partition coefficient (Wildman–Crippen LogP) is 3.78. The molecule has 2 nitrogen and oxygen atoms in total. The molecule has 0 aliphatic carbocycles. The van der Waals surface area contributed by atoms with Gasteiger partial charge in [0.2, 0.25) is 0 Å². The maximum Gasteiger partial charge on any atom is 0.125 e. The second-order valence-corrected chi connectivity index (χ2v) is 4.96. The molecule has 0 aromatic heterocycles. The molecule has 2 unspecified atom stereocenters. The van der Waals surface area contributed by atoms with Crippen molar-refractivity contribution in [1.82, 2.24) is 0 Å². The van der Waals surface area contributed by atoms with Gasteiger partial charge in [-0.05, 0) is 43.4 Å². The van der Waals surface area contributed by atoms with E-state index >= 15 is 0 Å². The summed E-state index contributed by atoms with van der Waals surface area (Å²) in [5, 5.41) is 10.3. The van der Waals surface area contributed by atoms with Crippen LogP contribution in [-0.2, 0) is 0 Å². The summed E-state index contributed by atoms with van der Waals surface area (Å²) >= 11 is 0. The van der Waals surface area contributed by atoms with E-state index in [0.717, 1.165) is 29.7 Å². The summed E-state index contributed by atoms with van der Waals surface area (Å²) in [5.41, 5.74) is 3.22. The minimum Gasteiger partial charge on any atom is -0.496 e. The third-order valence-electron chi connectivity index (χ3n) is 3.37. The molecule has 1 aromatic rings. The van der Waals surface area contributed by atoms with Crippen molar-refractivity contribution in [3.63, 3.8) is 0 Å². The van der Waals surface area contributed by atoms with Crippen LogP contribution in [0.3, 0.4) is 0 Å². The van der Waals surface area contributed by atoms with Gasteiger partial charge in [0.1, 0.15) is 5.75 Å². The molecule has 17 heavy (non-hydrogen) atoms. The molecule has 0 saturated heterocycles. The lowest BCUT2D eigenvalue weighted by Gasteiger charge is -2.20. The smallest absolute Gasteiger partial charge is 0.125 e. The van der Waals surface area contributed by atoms with Crippen molar-refractivity contribution < 1.29 is 9.84 Å². The first-order chi connectivity index (χ1) is 7.99. The van der Waals surface area contributed by atoms with E-state index in [1.54, 1.807) is 7.11 Å². The topological polar surface area (TPSA) is 29.5 Å². The number of aliphatic hydroxyl groups excluding tert-OH is 1. The van der Waals surface area contributed by atoms with Gasteiger partial charge in [0.25, 0.3) is 0 Å². The van der Waals surface area contributed by atoms with Gasteiger partial charge in [0, 0.05) is 5.56 Å². The molecule has 0 spiro atoms. The number of hydrogen-bond donors (Lipinski definition) is 1. The van der Waals surface area contributed by atoms with E-state index in [-0.39, 0.29) is 0 Å². The fourth-order valence-electron chi connectivity index (χ4n) is 2.20. The average molecular weight is 236 g/mol. The first kappa shape index (κ1) is 14.0. The summed E-state index contributed by atoms with van der Waals surface area (Å²) in [6.45, 7) is 8.39. The molecule has 96 valence electrons. The van der Waals surface area contributed by atoms with Crippen molar-refractivity contribution >= 4 is 0 Å². The summed E-state index contributed by atoms with van der Waals surface area (Å²) in [4.78, 5) is 0. The van der Waals surface area contributed by atoms with Crippen LogP contribution in [0.2, 0.25) is 0 Å². The van der Waals surface area contributed by atoms with E-state index < -0.39 is 6.10 Å². The van der Waals surface area contributed by atoms with E-state index in [0.29, 0.717) is 5.92 Å². The van der Waals surface area contributed by atoms with Crippen LogP contribution in [0.5, 0.6) is 5.75 Å². The molecule has 0 heterocycles. The van der Waals surface area contributed by atoms with Crippen molar-refractivity contribution in [3.8, 4) is 5.75 Å². The molecule has 0 amide bonds. The molecule has 1 N–H and O–H groups in total. The van der Waals surface area contributed by atoms with E-state index in [2.05, 4.69) is 19.9 Å². The molecule has 0 aliphatic heterocycles.